The lowest BCUT2D eigenvalue weighted by Gasteiger charge is -2.28. The SMILES string of the molecule is CN1CCC(C(=O)Cc2ccc(CCNc3nc(N)n4nc(-c5ccco5)nc4n3)cc2)CC1. The van der Waals surface area contributed by atoms with Gasteiger partial charge in [-0.15, -0.1) is 5.10 Å². The van der Waals surface area contributed by atoms with E-state index < -0.39 is 0 Å². The fourth-order valence-corrected chi connectivity index (χ4v) is 4.21. The number of fused-ring (bicyclic) bond motifs is 1. The van der Waals surface area contributed by atoms with Crippen LogP contribution in [0, 0.1) is 5.92 Å². The summed E-state index contributed by atoms with van der Waals surface area (Å²) in [5, 5.41) is 7.49. The van der Waals surface area contributed by atoms with Crippen molar-refractivity contribution in [3.05, 3.63) is 53.8 Å². The third kappa shape index (κ3) is 4.91. The van der Waals surface area contributed by atoms with Crippen molar-refractivity contribution in [2.75, 3.05) is 37.7 Å². The van der Waals surface area contributed by atoms with Crippen molar-refractivity contribution in [1.29, 1.82) is 0 Å². The van der Waals surface area contributed by atoms with Crippen LogP contribution >= 0.6 is 0 Å². The van der Waals surface area contributed by atoms with Crippen molar-refractivity contribution in [1.82, 2.24) is 29.5 Å². The second-order valence-electron chi connectivity index (χ2n) is 8.74. The first-order valence-corrected chi connectivity index (χ1v) is 11.5. The van der Waals surface area contributed by atoms with Gasteiger partial charge < -0.3 is 20.4 Å². The molecule has 10 heteroatoms. The van der Waals surface area contributed by atoms with Gasteiger partial charge in [0, 0.05) is 18.9 Å². The lowest BCUT2D eigenvalue weighted by Crippen LogP contribution is -2.34. The van der Waals surface area contributed by atoms with Gasteiger partial charge >= 0.3 is 0 Å². The maximum Gasteiger partial charge on any atom is 0.259 e. The van der Waals surface area contributed by atoms with Crippen LogP contribution in [-0.2, 0) is 17.6 Å². The number of piperidine rings is 1. The van der Waals surface area contributed by atoms with E-state index in [1.165, 1.54) is 10.1 Å². The molecule has 0 bridgehead atoms. The first kappa shape index (κ1) is 22.0. The Hall–Kier alpha value is -3.79. The van der Waals surface area contributed by atoms with Gasteiger partial charge in [-0.2, -0.15) is 19.5 Å². The topological polar surface area (TPSA) is 127 Å². The number of benzene rings is 1. The predicted molar refractivity (Wildman–Crippen MR) is 128 cm³/mol. The molecule has 176 valence electrons. The number of carbonyl (C=O) groups excluding carboxylic acids is 1. The van der Waals surface area contributed by atoms with E-state index in [1.807, 2.05) is 0 Å². The number of nitrogen functional groups attached to an aromatic ring is 1. The zero-order valence-electron chi connectivity index (χ0n) is 19.1. The van der Waals surface area contributed by atoms with Gasteiger partial charge in [0.2, 0.25) is 17.7 Å². The Morgan fingerprint density at radius 3 is 2.62 bits per heavy atom. The van der Waals surface area contributed by atoms with Gasteiger partial charge in [-0.3, -0.25) is 4.79 Å². The molecule has 1 saturated heterocycles. The Labute approximate surface area is 197 Å². The van der Waals surface area contributed by atoms with Crippen LogP contribution in [0.1, 0.15) is 24.0 Å². The fraction of sp³-hybridized carbons (Fsp3) is 0.375. The van der Waals surface area contributed by atoms with Gasteiger partial charge in [-0.05, 0) is 62.7 Å². The van der Waals surface area contributed by atoms with Crippen LogP contribution in [0.2, 0.25) is 0 Å². The number of nitrogens with two attached hydrogens (primary N) is 1. The molecule has 1 aliphatic rings. The van der Waals surface area contributed by atoms with Gasteiger partial charge in [0.05, 0.1) is 6.26 Å². The molecule has 0 saturated carbocycles. The molecule has 34 heavy (non-hydrogen) atoms. The van der Waals surface area contributed by atoms with Gasteiger partial charge in [-0.1, -0.05) is 24.3 Å². The molecule has 5 rings (SSSR count). The molecule has 10 nitrogen and oxygen atoms in total. The monoisotopic (exact) mass is 460 g/mol. The highest BCUT2D eigenvalue weighted by molar-refractivity contribution is 5.83. The molecule has 3 N–H and O–H groups in total. The first-order valence-electron chi connectivity index (χ1n) is 11.5. The van der Waals surface area contributed by atoms with Crippen LogP contribution in [0.25, 0.3) is 17.4 Å². The van der Waals surface area contributed by atoms with E-state index in [1.54, 1.807) is 18.4 Å². The van der Waals surface area contributed by atoms with E-state index in [0.29, 0.717) is 42.1 Å². The molecule has 0 atom stereocenters. The number of rotatable bonds is 8. The van der Waals surface area contributed by atoms with E-state index in [4.69, 9.17) is 10.2 Å². The van der Waals surface area contributed by atoms with Crippen molar-refractivity contribution in [3.63, 3.8) is 0 Å². The molecular formula is C24H28N8O2. The quantitative estimate of drug-likeness (QED) is 0.407. The standard InChI is InChI=1S/C24H28N8O2/c1-31-12-9-18(10-13-31)19(33)15-17-6-4-16(5-7-17)8-11-26-23-28-22(25)32-24(29-23)27-21(30-32)20-3-2-14-34-20/h2-7,14,18H,8-13,15H2,1H3,(H3,25,26,27,28,29,30). The zero-order valence-corrected chi connectivity index (χ0v) is 19.1. The van der Waals surface area contributed by atoms with Gasteiger partial charge in [0.25, 0.3) is 5.78 Å². The molecular weight excluding hydrogens is 432 g/mol. The van der Waals surface area contributed by atoms with Crippen LogP contribution in [0.5, 0.6) is 0 Å². The Kier molecular flexibility index (Phi) is 6.22. The molecule has 3 aromatic heterocycles. The average molecular weight is 461 g/mol. The van der Waals surface area contributed by atoms with Crippen LogP contribution < -0.4 is 11.1 Å². The summed E-state index contributed by atoms with van der Waals surface area (Å²) in [4.78, 5) is 27.9. The highest BCUT2D eigenvalue weighted by Crippen LogP contribution is 2.20. The van der Waals surface area contributed by atoms with Crippen LogP contribution in [0.3, 0.4) is 0 Å². The number of Topliss-reactive ketones (excluding diaryl/α,β-unsaturated/α-hetero) is 1. The Morgan fingerprint density at radius 2 is 1.88 bits per heavy atom. The van der Waals surface area contributed by atoms with Crippen molar-refractivity contribution in [2.45, 2.75) is 25.7 Å². The van der Waals surface area contributed by atoms with E-state index >= 15 is 0 Å². The minimum atomic E-state index is 0.191. The zero-order chi connectivity index (χ0) is 23.5. The number of hydrogen-bond donors (Lipinski definition) is 2. The highest BCUT2D eigenvalue weighted by atomic mass is 16.3. The van der Waals surface area contributed by atoms with Crippen LogP contribution in [0.4, 0.5) is 11.9 Å². The number of furan rings is 1. The molecule has 1 fully saturated rings. The number of likely N-dealkylation sites (tertiary alicyclic amines) is 1. The van der Waals surface area contributed by atoms with Crippen molar-refractivity contribution >= 4 is 23.5 Å². The molecule has 4 heterocycles. The number of nitrogens with one attached hydrogen (secondary N) is 1. The van der Waals surface area contributed by atoms with Crippen LogP contribution in [-0.4, -0.2) is 61.9 Å². The number of nitrogens with zero attached hydrogens (tertiary/aromatic N) is 6. The molecule has 4 aromatic rings. The van der Waals surface area contributed by atoms with Crippen molar-refractivity contribution in [2.24, 2.45) is 5.92 Å². The van der Waals surface area contributed by atoms with Crippen molar-refractivity contribution in [3.8, 4) is 11.6 Å². The summed E-state index contributed by atoms with van der Waals surface area (Å²) < 4.78 is 6.72. The summed E-state index contributed by atoms with van der Waals surface area (Å²) in [6, 6.07) is 11.8. The molecule has 0 aliphatic carbocycles. The maximum absolute atomic E-state index is 12.6. The minimum Gasteiger partial charge on any atom is -0.461 e. The number of ketones is 1. The smallest absolute Gasteiger partial charge is 0.259 e. The summed E-state index contributed by atoms with van der Waals surface area (Å²) in [5.41, 5.74) is 8.27. The Morgan fingerprint density at radius 1 is 1.12 bits per heavy atom. The Bertz CT molecular complexity index is 1260. The lowest BCUT2D eigenvalue weighted by molar-refractivity contribution is -0.123. The molecule has 0 radical (unpaired) electrons. The maximum atomic E-state index is 12.6. The number of hydrogen-bond acceptors (Lipinski definition) is 9. The van der Waals surface area contributed by atoms with E-state index in [-0.39, 0.29) is 11.9 Å². The summed E-state index contributed by atoms with van der Waals surface area (Å²) in [5.74, 6) is 2.43. The molecule has 0 spiro atoms. The van der Waals surface area contributed by atoms with Gasteiger partial charge in [0.15, 0.2) is 5.76 Å². The molecule has 1 aliphatic heterocycles. The molecule has 0 unspecified atom stereocenters. The first-order chi connectivity index (χ1) is 16.5. The lowest BCUT2D eigenvalue weighted by atomic mass is 9.89. The average Bonchev–Trinajstić information content (AvgIpc) is 3.51. The second-order valence-corrected chi connectivity index (χ2v) is 8.74. The van der Waals surface area contributed by atoms with E-state index in [2.05, 4.69) is 61.6 Å². The number of anilines is 2. The minimum absolute atomic E-state index is 0.191. The number of aromatic nitrogens is 5. The second kappa shape index (κ2) is 9.60. The van der Waals surface area contributed by atoms with E-state index in [0.717, 1.165) is 37.9 Å². The molecule has 1 aromatic carbocycles. The van der Waals surface area contributed by atoms with Gasteiger partial charge in [0.1, 0.15) is 5.78 Å². The third-order valence-electron chi connectivity index (χ3n) is 6.25. The predicted octanol–water partition coefficient (Wildman–Crippen LogP) is 2.47. The summed E-state index contributed by atoms with van der Waals surface area (Å²) in [6.07, 6.45) is 4.79. The largest absolute Gasteiger partial charge is 0.461 e. The van der Waals surface area contributed by atoms with E-state index in [9.17, 15) is 4.79 Å². The summed E-state index contributed by atoms with van der Waals surface area (Å²) >= 11 is 0. The molecule has 0 amide bonds. The van der Waals surface area contributed by atoms with Crippen molar-refractivity contribution < 1.29 is 9.21 Å². The number of carbonyl (C=O) groups is 1. The summed E-state index contributed by atoms with van der Waals surface area (Å²) in [6.45, 7) is 2.64. The van der Waals surface area contributed by atoms with Gasteiger partial charge in [-0.25, -0.2) is 0 Å². The Balaban J connectivity index is 1.15. The van der Waals surface area contributed by atoms with Crippen LogP contribution in [0.15, 0.2) is 47.1 Å². The highest BCUT2D eigenvalue weighted by Gasteiger charge is 2.23. The fourth-order valence-electron chi connectivity index (χ4n) is 4.21. The third-order valence-corrected chi connectivity index (χ3v) is 6.25. The summed E-state index contributed by atoms with van der Waals surface area (Å²) in [7, 11) is 2.11. The normalized spacial score (nSPS) is 15.1.